The molecule has 0 fully saturated rings. The van der Waals surface area contributed by atoms with Gasteiger partial charge in [0.05, 0.1) is 18.8 Å². The Balaban J connectivity index is 2.14. The zero-order chi connectivity index (χ0) is 14.1. The Morgan fingerprint density at radius 2 is 2.30 bits per heavy atom. The summed E-state index contributed by atoms with van der Waals surface area (Å²) in [6, 6.07) is 7.69. The molecule has 2 heterocycles. The van der Waals surface area contributed by atoms with E-state index in [0.717, 1.165) is 11.3 Å². The Kier molecular flexibility index (Phi) is 3.23. The van der Waals surface area contributed by atoms with E-state index >= 15 is 0 Å². The number of hydrogen-bond donors (Lipinski definition) is 0. The summed E-state index contributed by atoms with van der Waals surface area (Å²) in [6.07, 6.45) is 1.24. The predicted molar refractivity (Wildman–Crippen MR) is 75.7 cm³/mol. The molecule has 0 N–H and O–H groups in total. The third-order valence-corrected chi connectivity index (χ3v) is 3.97. The van der Waals surface area contributed by atoms with E-state index in [-0.39, 0.29) is 12.2 Å². The Morgan fingerprint density at radius 1 is 1.50 bits per heavy atom. The second-order valence-corrected chi connectivity index (χ2v) is 5.29. The lowest BCUT2D eigenvalue weighted by Crippen LogP contribution is -2.33. The molecule has 1 aromatic heterocycles. The SMILES string of the molecule is CCOC(=O)/C=c1/sc2n(c1=O)Cc1ccccc1N=2. The molecule has 0 saturated heterocycles. The number of hydrogen-bond acceptors (Lipinski definition) is 5. The van der Waals surface area contributed by atoms with E-state index in [1.807, 2.05) is 24.3 Å². The summed E-state index contributed by atoms with van der Waals surface area (Å²) < 4.78 is 6.77. The summed E-state index contributed by atoms with van der Waals surface area (Å²) in [4.78, 5) is 28.8. The molecule has 20 heavy (non-hydrogen) atoms. The van der Waals surface area contributed by atoms with Gasteiger partial charge < -0.3 is 4.74 Å². The van der Waals surface area contributed by atoms with E-state index in [1.54, 1.807) is 11.5 Å². The molecule has 6 heteroatoms. The Labute approximate surface area is 118 Å². The zero-order valence-electron chi connectivity index (χ0n) is 10.8. The van der Waals surface area contributed by atoms with Gasteiger partial charge in [-0.3, -0.25) is 9.36 Å². The van der Waals surface area contributed by atoms with Gasteiger partial charge in [0, 0.05) is 6.08 Å². The van der Waals surface area contributed by atoms with Crippen molar-refractivity contribution in [2.24, 2.45) is 4.99 Å². The van der Waals surface area contributed by atoms with Crippen molar-refractivity contribution < 1.29 is 9.53 Å². The minimum atomic E-state index is -0.499. The number of rotatable bonds is 2. The first-order valence-electron chi connectivity index (χ1n) is 6.24. The van der Waals surface area contributed by atoms with Gasteiger partial charge >= 0.3 is 5.97 Å². The largest absolute Gasteiger partial charge is 0.463 e. The van der Waals surface area contributed by atoms with Crippen molar-refractivity contribution >= 4 is 29.1 Å². The Morgan fingerprint density at radius 3 is 3.10 bits per heavy atom. The van der Waals surface area contributed by atoms with E-state index in [2.05, 4.69) is 4.99 Å². The number of carbonyl (C=O) groups is 1. The van der Waals surface area contributed by atoms with Crippen LogP contribution in [-0.4, -0.2) is 17.1 Å². The van der Waals surface area contributed by atoms with Crippen molar-refractivity contribution in [2.45, 2.75) is 13.5 Å². The van der Waals surface area contributed by atoms with Gasteiger partial charge in [0.2, 0.25) is 0 Å². The molecule has 1 aliphatic heterocycles. The summed E-state index contributed by atoms with van der Waals surface area (Å²) in [5.74, 6) is -0.499. The van der Waals surface area contributed by atoms with Crippen LogP contribution in [0.3, 0.4) is 0 Å². The predicted octanol–water partition coefficient (Wildman–Crippen LogP) is 0.566. The normalized spacial score (nSPS) is 13.3. The highest BCUT2D eigenvalue weighted by atomic mass is 32.1. The lowest BCUT2D eigenvalue weighted by Gasteiger charge is -2.10. The van der Waals surface area contributed by atoms with Crippen LogP contribution in [0.1, 0.15) is 12.5 Å². The summed E-state index contributed by atoms with van der Waals surface area (Å²) in [7, 11) is 0. The van der Waals surface area contributed by atoms with Crippen molar-refractivity contribution in [3.8, 4) is 0 Å². The highest BCUT2D eigenvalue weighted by molar-refractivity contribution is 7.07. The molecule has 0 amide bonds. The van der Waals surface area contributed by atoms with E-state index < -0.39 is 5.97 Å². The number of aromatic nitrogens is 1. The van der Waals surface area contributed by atoms with Crippen LogP contribution < -0.4 is 14.9 Å². The maximum absolute atomic E-state index is 12.2. The fourth-order valence-corrected chi connectivity index (χ4v) is 3.00. The molecule has 5 nitrogen and oxygen atoms in total. The quantitative estimate of drug-likeness (QED) is 0.648. The van der Waals surface area contributed by atoms with Gasteiger partial charge in [-0.1, -0.05) is 29.5 Å². The number of thiazole rings is 1. The third-order valence-electron chi connectivity index (χ3n) is 2.96. The molecule has 0 unspecified atom stereocenters. The smallest absolute Gasteiger partial charge is 0.332 e. The van der Waals surface area contributed by atoms with Crippen LogP contribution in [0.5, 0.6) is 0 Å². The van der Waals surface area contributed by atoms with Crippen molar-refractivity contribution in [1.82, 2.24) is 4.57 Å². The molecule has 0 saturated carbocycles. The van der Waals surface area contributed by atoms with Gasteiger partial charge in [0.1, 0.15) is 4.53 Å². The van der Waals surface area contributed by atoms with Crippen LogP contribution in [0, 0.1) is 0 Å². The summed E-state index contributed by atoms with van der Waals surface area (Å²) >= 11 is 1.21. The monoisotopic (exact) mass is 288 g/mol. The minimum absolute atomic E-state index is 0.198. The first-order chi connectivity index (χ1) is 9.69. The number of nitrogens with zero attached hydrogens (tertiary/aromatic N) is 2. The molecule has 1 aromatic carbocycles. The van der Waals surface area contributed by atoms with E-state index in [9.17, 15) is 9.59 Å². The van der Waals surface area contributed by atoms with Crippen LogP contribution in [0.25, 0.3) is 6.08 Å². The van der Waals surface area contributed by atoms with E-state index in [0.29, 0.717) is 15.9 Å². The van der Waals surface area contributed by atoms with Gasteiger partial charge in [-0.2, -0.15) is 0 Å². The first-order valence-corrected chi connectivity index (χ1v) is 7.05. The van der Waals surface area contributed by atoms with Crippen LogP contribution in [0.4, 0.5) is 5.69 Å². The van der Waals surface area contributed by atoms with Crippen molar-refractivity contribution in [3.05, 3.63) is 49.5 Å². The molecule has 0 aliphatic carbocycles. The van der Waals surface area contributed by atoms with Crippen molar-refractivity contribution in [1.29, 1.82) is 0 Å². The van der Waals surface area contributed by atoms with Crippen molar-refractivity contribution in [3.63, 3.8) is 0 Å². The maximum atomic E-state index is 12.2. The summed E-state index contributed by atoms with van der Waals surface area (Å²) in [5, 5.41) is 0. The molecular formula is C14H12N2O3S. The van der Waals surface area contributed by atoms with E-state index in [1.165, 1.54) is 17.4 Å². The van der Waals surface area contributed by atoms with Gasteiger partial charge in [-0.15, -0.1) is 0 Å². The average Bonchev–Trinajstić information content (AvgIpc) is 2.73. The molecule has 0 radical (unpaired) electrons. The Hall–Kier alpha value is -2.21. The fourth-order valence-electron chi connectivity index (χ4n) is 2.05. The van der Waals surface area contributed by atoms with Gasteiger partial charge in [-0.25, -0.2) is 9.79 Å². The van der Waals surface area contributed by atoms with Crippen molar-refractivity contribution in [2.75, 3.05) is 6.61 Å². The molecule has 1 aliphatic rings. The maximum Gasteiger partial charge on any atom is 0.332 e. The third kappa shape index (κ3) is 2.18. The molecule has 0 atom stereocenters. The number of carbonyl (C=O) groups excluding carboxylic acids is 1. The fraction of sp³-hybridized carbons (Fsp3) is 0.214. The number of ether oxygens (including phenoxy) is 1. The number of para-hydroxylation sites is 1. The van der Waals surface area contributed by atoms with Crippen LogP contribution in [0.15, 0.2) is 34.1 Å². The minimum Gasteiger partial charge on any atom is -0.463 e. The lowest BCUT2D eigenvalue weighted by molar-refractivity contribution is -0.135. The molecule has 0 bridgehead atoms. The van der Waals surface area contributed by atoms with Gasteiger partial charge in [0.25, 0.3) is 5.56 Å². The lowest BCUT2D eigenvalue weighted by atomic mass is 10.1. The number of fused-ring (bicyclic) bond motifs is 2. The summed E-state index contributed by atoms with van der Waals surface area (Å²) in [5.41, 5.74) is 1.68. The van der Waals surface area contributed by atoms with Gasteiger partial charge in [-0.05, 0) is 18.6 Å². The number of esters is 1. The molecule has 102 valence electrons. The second-order valence-electron chi connectivity index (χ2n) is 4.28. The highest BCUT2D eigenvalue weighted by Crippen LogP contribution is 2.20. The van der Waals surface area contributed by atoms with E-state index in [4.69, 9.17) is 4.74 Å². The highest BCUT2D eigenvalue weighted by Gasteiger charge is 2.14. The molecule has 0 spiro atoms. The first kappa shape index (κ1) is 12.8. The zero-order valence-corrected chi connectivity index (χ0v) is 11.6. The number of benzene rings is 1. The average molecular weight is 288 g/mol. The van der Waals surface area contributed by atoms with Gasteiger partial charge in [0.15, 0.2) is 4.80 Å². The standard InChI is InChI=1S/C14H12N2O3S/c1-2-19-12(17)7-11-13(18)16-8-9-5-3-4-6-10(9)15-14(16)20-11/h3-7H,2,8H2,1H3/b11-7+. The molecular weight excluding hydrogens is 276 g/mol. The topological polar surface area (TPSA) is 60.7 Å². The molecule has 3 rings (SSSR count). The summed E-state index contributed by atoms with van der Waals surface area (Å²) in [6.45, 7) is 2.50. The van der Waals surface area contributed by atoms with Crippen LogP contribution in [0.2, 0.25) is 0 Å². The van der Waals surface area contributed by atoms with Crippen LogP contribution in [-0.2, 0) is 16.1 Å². The van der Waals surface area contributed by atoms with Crippen LogP contribution >= 0.6 is 11.3 Å². The second kappa shape index (κ2) is 5.05. The molecule has 2 aromatic rings. The Bertz CT molecular complexity index is 848.